The molecule has 20 heavy (non-hydrogen) atoms. The number of thioether (sulfide) groups is 1. The molecule has 0 saturated carbocycles. The molecule has 2 saturated heterocycles. The Balaban J connectivity index is 1.64. The molecule has 2 aliphatic heterocycles. The van der Waals surface area contributed by atoms with Crippen molar-refractivity contribution < 1.29 is 4.79 Å². The number of amides is 1. The van der Waals surface area contributed by atoms with E-state index >= 15 is 0 Å². The van der Waals surface area contributed by atoms with Crippen LogP contribution >= 0.6 is 11.8 Å². The fraction of sp³-hybridized carbons (Fsp3) is 0.533. The summed E-state index contributed by atoms with van der Waals surface area (Å²) in [6, 6.07) is 10.6. The van der Waals surface area contributed by atoms with Gasteiger partial charge in [-0.1, -0.05) is 30.3 Å². The Bertz CT molecular complexity index is 448. The minimum absolute atomic E-state index is 0.0352. The molecule has 2 atom stereocenters. The summed E-state index contributed by atoms with van der Waals surface area (Å²) in [5, 5.41) is 3.23. The summed E-state index contributed by atoms with van der Waals surface area (Å²) in [6.07, 6.45) is 2.19. The molecule has 0 bridgehead atoms. The first-order chi connectivity index (χ1) is 9.84. The minimum atomic E-state index is -0.0352. The maximum atomic E-state index is 12.5. The van der Waals surface area contributed by atoms with Gasteiger partial charge in [0.2, 0.25) is 5.91 Å². The first-order valence-corrected chi connectivity index (χ1v) is 8.41. The van der Waals surface area contributed by atoms with Gasteiger partial charge >= 0.3 is 0 Å². The van der Waals surface area contributed by atoms with Gasteiger partial charge in [-0.2, -0.15) is 11.8 Å². The fourth-order valence-corrected chi connectivity index (χ4v) is 3.97. The molecule has 108 valence electrons. The number of benzene rings is 1. The number of hydrogen-bond donors (Lipinski definition) is 3. The first-order valence-electron chi connectivity index (χ1n) is 7.26. The lowest BCUT2D eigenvalue weighted by molar-refractivity contribution is -0.125. The summed E-state index contributed by atoms with van der Waals surface area (Å²) in [4.78, 5) is 12.5. The second kappa shape index (κ2) is 6.61. The molecule has 5 heteroatoms. The largest absolute Gasteiger partial charge is 0.353 e. The first kappa shape index (κ1) is 13.9. The Hall–Kier alpha value is -1.04. The number of carbonyl (C=O) groups excluding carboxylic acids is 1. The monoisotopic (exact) mass is 291 g/mol. The van der Waals surface area contributed by atoms with Crippen molar-refractivity contribution >= 4 is 17.7 Å². The zero-order valence-corrected chi connectivity index (χ0v) is 12.3. The van der Waals surface area contributed by atoms with Crippen molar-refractivity contribution in [3.63, 3.8) is 0 Å². The van der Waals surface area contributed by atoms with Crippen molar-refractivity contribution in [1.82, 2.24) is 16.2 Å². The lowest BCUT2D eigenvalue weighted by Crippen LogP contribution is -2.42. The highest BCUT2D eigenvalue weighted by molar-refractivity contribution is 7.99. The number of hydrogen-bond acceptors (Lipinski definition) is 4. The van der Waals surface area contributed by atoms with Crippen LogP contribution in [0, 0.1) is 5.92 Å². The van der Waals surface area contributed by atoms with Crippen LogP contribution in [0.25, 0.3) is 0 Å². The van der Waals surface area contributed by atoms with Crippen LogP contribution in [0.5, 0.6) is 0 Å². The van der Waals surface area contributed by atoms with Crippen molar-refractivity contribution in [3.8, 4) is 0 Å². The predicted molar refractivity (Wildman–Crippen MR) is 82.3 cm³/mol. The Morgan fingerprint density at radius 3 is 2.70 bits per heavy atom. The van der Waals surface area contributed by atoms with Crippen LogP contribution in [-0.2, 0) is 4.79 Å². The van der Waals surface area contributed by atoms with Crippen molar-refractivity contribution in [2.45, 2.75) is 24.9 Å². The van der Waals surface area contributed by atoms with E-state index in [0.717, 1.165) is 29.9 Å². The van der Waals surface area contributed by atoms with E-state index in [1.807, 2.05) is 30.0 Å². The zero-order valence-electron chi connectivity index (χ0n) is 11.5. The standard InChI is InChI=1S/C15H21N3OS/c19-15(17-12-6-8-20-9-7-12)13-10-16-18-14(13)11-4-2-1-3-5-11/h1-5,12-14,16,18H,6-10H2,(H,17,19). The second-order valence-electron chi connectivity index (χ2n) is 5.42. The number of hydrazine groups is 1. The average Bonchev–Trinajstić information content (AvgIpc) is 2.99. The molecule has 4 nitrogen and oxygen atoms in total. The van der Waals surface area contributed by atoms with Gasteiger partial charge in [-0.05, 0) is 29.9 Å². The van der Waals surface area contributed by atoms with E-state index in [1.54, 1.807) is 0 Å². The van der Waals surface area contributed by atoms with E-state index in [9.17, 15) is 4.79 Å². The average molecular weight is 291 g/mol. The number of rotatable bonds is 3. The van der Waals surface area contributed by atoms with E-state index in [2.05, 4.69) is 28.3 Å². The maximum absolute atomic E-state index is 12.5. The van der Waals surface area contributed by atoms with Crippen LogP contribution in [-0.4, -0.2) is 30.0 Å². The summed E-state index contributed by atoms with van der Waals surface area (Å²) in [5.74, 6) is 2.46. The molecular weight excluding hydrogens is 270 g/mol. The van der Waals surface area contributed by atoms with Gasteiger partial charge in [0.25, 0.3) is 0 Å². The molecular formula is C15H21N3OS. The molecule has 3 rings (SSSR count). The third kappa shape index (κ3) is 3.16. The Labute approximate surface area is 124 Å². The Morgan fingerprint density at radius 1 is 1.20 bits per heavy atom. The minimum Gasteiger partial charge on any atom is -0.353 e. The Morgan fingerprint density at radius 2 is 1.95 bits per heavy atom. The fourth-order valence-electron chi connectivity index (χ4n) is 2.87. The third-order valence-electron chi connectivity index (χ3n) is 4.05. The van der Waals surface area contributed by atoms with Gasteiger partial charge in [0.1, 0.15) is 0 Å². The van der Waals surface area contributed by atoms with Crippen LogP contribution in [0.1, 0.15) is 24.4 Å². The molecule has 0 aromatic heterocycles. The highest BCUT2D eigenvalue weighted by Crippen LogP contribution is 2.25. The van der Waals surface area contributed by atoms with Crippen LogP contribution in [0.2, 0.25) is 0 Å². The van der Waals surface area contributed by atoms with E-state index in [1.165, 1.54) is 0 Å². The smallest absolute Gasteiger partial charge is 0.226 e. The molecule has 1 aromatic rings. The molecule has 2 unspecified atom stereocenters. The molecule has 0 spiro atoms. The summed E-state index contributed by atoms with van der Waals surface area (Å²) in [7, 11) is 0. The SMILES string of the molecule is O=C(NC1CCSCC1)C1CNNC1c1ccccc1. The molecule has 0 aliphatic carbocycles. The number of nitrogens with one attached hydrogen (secondary N) is 3. The summed E-state index contributed by atoms with van der Waals surface area (Å²) in [5.41, 5.74) is 7.51. The molecule has 0 radical (unpaired) electrons. The van der Waals surface area contributed by atoms with E-state index < -0.39 is 0 Å². The van der Waals surface area contributed by atoms with Crippen molar-refractivity contribution in [3.05, 3.63) is 35.9 Å². The van der Waals surface area contributed by atoms with E-state index in [0.29, 0.717) is 12.6 Å². The topological polar surface area (TPSA) is 53.2 Å². The third-order valence-corrected chi connectivity index (χ3v) is 5.09. The molecule has 1 aromatic carbocycles. The molecule has 2 fully saturated rings. The zero-order chi connectivity index (χ0) is 13.8. The van der Waals surface area contributed by atoms with Crippen LogP contribution in [0.15, 0.2) is 30.3 Å². The van der Waals surface area contributed by atoms with Gasteiger partial charge in [-0.25, -0.2) is 5.43 Å². The Kier molecular flexibility index (Phi) is 4.60. The highest BCUT2D eigenvalue weighted by atomic mass is 32.2. The molecule has 1 amide bonds. The van der Waals surface area contributed by atoms with Crippen molar-refractivity contribution in [2.75, 3.05) is 18.1 Å². The van der Waals surface area contributed by atoms with Gasteiger partial charge in [0.15, 0.2) is 0 Å². The highest BCUT2D eigenvalue weighted by Gasteiger charge is 2.34. The van der Waals surface area contributed by atoms with Gasteiger partial charge in [0, 0.05) is 12.6 Å². The summed E-state index contributed by atoms with van der Waals surface area (Å²) in [6.45, 7) is 0.687. The number of carbonyl (C=O) groups is 1. The summed E-state index contributed by atoms with van der Waals surface area (Å²) < 4.78 is 0. The van der Waals surface area contributed by atoms with Gasteiger partial charge in [-0.15, -0.1) is 0 Å². The normalized spacial score (nSPS) is 27.4. The lowest BCUT2D eigenvalue weighted by atomic mass is 9.93. The van der Waals surface area contributed by atoms with Crippen LogP contribution < -0.4 is 16.2 Å². The summed E-state index contributed by atoms with van der Waals surface area (Å²) >= 11 is 1.98. The van der Waals surface area contributed by atoms with E-state index in [-0.39, 0.29) is 17.9 Å². The molecule has 2 heterocycles. The quantitative estimate of drug-likeness (QED) is 0.789. The van der Waals surface area contributed by atoms with Gasteiger partial charge < -0.3 is 5.32 Å². The maximum Gasteiger partial charge on any atom is 0.226 e. The second-order valence-corrected chi connectivity index (χ2v) is 6.64. The van der Waals surface area contributed by atoms with Crippen molar-refractivity contribution in [2.24, 2.45) is 5.92 Å². The lowest BCUT2D eigenvalue weighted by Gasteiger charge is -2.25. The van der Waals surface area contributed by atoms with Crippen LogP contribution in [0.4, 0.5) is 0 Å². The predicted octanol–water partition coefficient (Wildman–Crippen LogP) is 1.46. The van der Waals surface area contributed by atoms with E-state index in [4.69, 9.17) is 0 Å². The molecule has 3 N–H and O–H groups in total. The van der Waals surface area contributed by atoms with Gasteiger partial charge in [-0.3, -0.25) is 10.2 Å². The van der Waals surface area contributed by atoms with Gasteiger partial charge in [0.05, 0.1) is 12.0 Å². The van der Waals surface area contributed by atoms with Crippen LogP contribution in [0.3, 0.4) is 0 Å². The molecule has 2 aliphatic rings. The van der Waals surface area contributed by atoms with Crippen molar-refractivity contribution in [1.29, 1.82) is 0 Å².